The lowest BCUT2D eigenvalue weighted by molar-refractivity contribution is 0.209. The minimum Gasteiger partial charge on any atom is -0.488 e. The highest BCUT2D eigenvalue weighted by molar-refractivity contribution is 5.37. The zero-order chi connectivity index (χ0) is 14.5. The number of ether oxygens (including phenoxy) is 1. The van der Waals surface area contributed by atoms with Crippen LogP contribution >= 0.6 is 0 Å². The van der Waals surface area contributed by atoms with Crippen LogP contribution in [0.25, 0.3) is 0 Å². The molecule has 1 aromatic heterocycles. The summed E-state index contributed by atoms with van der Waals surface area (Å²) < 4.78 is 8.12. The van der Waals surface area contributed by atoms with E-state index in [-0.39, 0.29) is 6.10 Å². The van der Waals surface area contributed by atoms with Crippen molar-refractivity contribution in [2.75, 3.05) is 13.1 Å². The molecule has 0 saturated carbocycles. The molecule has 21 heavy (non-hydrogen) atoms. The Morgan fingerprint density at radius 2 is 2.24 bits per heavy atom. The molecule has 1 aliphatic rings. The Kier molecular flexibility index (Phi) is 4.55. The van der Waals surface area contributed by atoms with E-state index in [1.54, 1.807) is 0 Å². The average molecular weight is 285 g/mol. The second kappa shape index (κ2) is 6.76. The third kappa shape index (κ3) is 3.64. The minimum atomic E-state index is 0.225. The van der Waals surface area contributed by atoms with E-state index in [4.69, 9.17) is 4.74 Å². The molecule has 0 aliphatic carbocycles. The molecule has 1 aromatic carbocycles. The van der Waals surface area contributed by atoms with Crippen molar-refractivity contribution < 1.29 is 4.74 Å². The fourth-order valence-corrected chi connectivity index (χ4v) is 2.74. The van der Waals surface area contributed by atoms with E-state index >= 15 is 0 Å². The van der Waals surface area contributed by atoms with Crippen LogP contribution in [0.4, 0.5) is 0 Å². The number of hydrogen-bond donors (Lipinski definition) is 1. The first-order valence-corrected chi connectivity index (χ1v) is 7.81. The van der Waals surface area contributed by atoms with Crippen LogP contribution in [0.2, 0.25) is 0 Å². The van der Waals surface area contributed by atoms with E-state index in [1.807, 2.05) is 18.5 Å². The van der Waals surface area contributed by atoms with Gasteiger partial charge in [0, 0.05) is 25.6 Å². The number of fused-ring (bicyclic) bond motifs is 1. The molecule has 2 heterocycles. The minimum absolute atomic E-state index is 0.225. The molecule has 112 valence electrons. The maximum absolute atomic E-state index is 5.97. The predicted molar refractivity (Wildman–Crippen MR) is 83.7 cm³/mol. The van der Waals surface area contributed by atoms with Gasteiger partial charge >= 0.3 is 0 Å². The first-order chi connectivity index (χ1) is 10.3. The van der Waals surface area contributed by atoms with Crippen LogP contribution in [0.3, 0.4) is 0 Å². The van der Waals surface area contributed by atoms with Gasteiger partial charge in [-0.3, -0.25) is 0 Å². The molecule has 0 bridgehead atoms. The molecule has 1 unspecified atom stereocenters. The molecule has 2 aromatic rings. The summed E-state index contributed by atoms with van der Waals surface area (Å²) in [5.74, 6) is 1.03. The number of imidazole rings is 1. The van der Waals surface area contributed by atoms with Crippen molar-refractivity contribution in [1.82, 2.24) is 14.9 Å². The summed E-state index contributed by atoms with van der Waals surface area (Å²) in [6.07, 6.45) is 7.43. The average Bonchev–Trinajstić information content (AvgIpc) is 3.10. The molecule has 0 saturated heterocycles. The Hall–Kier alpha value is -1.81. The number of nitrogens with one attached hydrogen (secondary N) is 1. The van der Waals surface area contributed by atoms with E-state index in [0.717, 1.165) is 43.9 Å². The summed E-state index contributed by atoms with van der Waals surface area (Å²) in [4.78, 5) is 4.47. The van der Waals surface area contributed by atoms with Crippen LogP contribution in [0.5, 0.6) is 5.75 Å². The Bertz CT molecular complexity index is 554. The second-order valence-electron chi connectivity index (χ2n) is 5.61. The monoisotopic (exact) mass is 285 g/mol. The van der Waals surface area contributed by atoms with E-state index < -0.39 is 0 Å². The van der Waals surface area contributed by atoms with Gasteiger partial charge in [0.2, 0.25) is 0 Å². The highest BCUT2D eigenvalue weighted by Crippen LogP contribution is 2.28. The van der Waals surface area contributed by atoms with Gasteiger partial charge in [0.05, 0.1) is 18.6 Å². The van der Waals surface area contributed by atoms with Crippen molar-refractivity contribution in [2.24, 2.45) is 0 Å². The molecule has 3 rings (SSSR count). The quantitative estimate of drug-likeness (QED) is 0.794. The zero-order valence-electron chi connectivity index (χ0n) is 12.6. The Morgan fingerprint density at radius 1 is 1.33 bits per heavy atom. The van der Waals surface area contributed by atoms with Gasteiger partial charge in [-0.1, -0.05) is 25.1 Å². The molecule has 1 aliphatic heterocycles. The molecule has 4 heteroatoms. The molecule has 4 nitrogen and oxygen atoms in total. The highest BCUT2D eigenvalue weighted by atomic mass is 16.5. The SMILES string of the molecule is CCCNCCc1cn(CC2Cc3ccccc3O2)cn1. The molecular formula is C17H23N3O. The van der Waals surface area contributed by atoms with Crippen molar-refractivity contribution in [3.8, 4) is 5.75 Å². The van der Waals surface area contributed by atoms with Crippen LogP contribution < -0.4 is 10.1 Å². The summed E-state index contributed by atoms with van der Waals surface area (Å²) in [5.41, 5.74) is 2.46. The lowest BCUT2D eigenvalue weighted by Crippen LogP contribution is -2.20. The van der Waals surface area contributed by atoms with Crippen molar-refractivity contribution >= 4 is 0 Å². The van der Waals surface area contributed by atoms with Gasteiger partial charge in [-0.25, -0.2) is 4.98 Å². The summed E-state index contributed by atoms with van der Waals surface area (Å²) in [6, 6.07) is 8.30. The van der Waals surface area contributed by atoms with Gasteiger partial charge in [-0.15, -0.1) is 0 Å². The standard InChI is InChI=1S/C17H23N3O/c1-2-8-18-9-7-15-11-20(13-19-15)12-16-10-14-5-3-4-6-17(14)21-16/h3-6,11,13,16,18H,2,7-10,12H2,1H3. The molecule has 1 atom stereocenters. The number of para-hydroxylation sites is 1. The van der Waals surface area contributed by atoms with E-state index in [0.29, 0.717) is 0 Å². The van der Waals surface area contributed by atoms with Crippen LogP contribution in [-0.2, 0) is 19.4 Å². The summed E-state index contributed by atoms with van der Waals surface area (Å²) >= 11 is 0. The maximum atomic E-state index is 5.97. The lowest BCUT2D eigenvalue weighted by atomic mass is 10.1. The van der Waals surface area contributed by atoms with Crippen molar-refractivity contribution in [3.05, 3.63) is 48.0 Å². The summed E-state index contributed by atoms with van der Waals surface area (Å²) in [6.45, 7) is 5.12. The first-order valence-electron chi connectivity index (χ1n) is 7.81. The molecular weight excluding hydrogens is 262 g/mol. The third-order valence-corrected chi connectivity index (χ3v) is 3.80. The van der Waals surface area contributed by atoms with Crippen LogP contribution in [0.15, 0.2) is 36.8 Å². The summed E-state index contributed by atoms with van der Waals surface area (Å²) in [5, 5.41) is 3.40. The van der Waals surface area contributed by atoms with Crippen molar-refractivity contribution in [1.29, 1.82) is 0 Å². The van der Waals surface area contributed by atoms with Gasteiger partial charge < -0.3 is 14.6 Å². The Balaban J connectivity index is 1.49. The van der Waals surface area contributed by atoms with Crippen LogP contribution in [0, 0.1) is 0 Å². The van der Waals surface area contributed by atoms with Crippen LogP contribution in [0.1, 0.15) is 24.6 Å². The van der Waals surface area contributed by atoms with Gasteiger partial charge in [0.1, 0.15) is 11.9 Å². The fraction of sp³-hybridized carbons (Fsp3) is 0.471. The molecule has 0 amide bonds. The molecule has 1 N–H and O–H groups in total. The van der Waals surface area contributed by atoms with Gasteiger partial charge in [-0.2, -0.15) is 0 Å². The largest absolute Gasteiger partial charge is 0.488 e. The summed E-state index contributed by atoms with van der Waals surface area (Å²) in [7, 11) is 0. The zero-order valence-corrected chi connectivity index (χ0v) is 12.6. The predicted octanol–water partition coefficient (Wildman–Crippen LogP) is 2.43. The number of hydrogen-bond acceptors (Lipinski definition) is 3. The smallest absolute Gasteiger partial charge is 0.123 e. The topological polar surface area (TPSA) is 39.1 Å². The third-order valence-electron chi connectivity index (χ3n) is 3.80. The second-order valence-corrected chi connectivity index (χ2v) is 5.61. The van der Waals surface area contributed by atoms with Gasteiger partial charge in [0.15, 0.2) is 0 Å². The van der Waals surface area contributed by atoms with Crippen molar-refractivity contribution in [2.45, 2.75) is 38.8 Å². The molecule has 0 fully saturated rings. The fourth-order valence-electron chi connectivity index (χ4n) is 2.74. The van der Waals surface area contributed by atoms with Gasteiger partial charge in [0.25, 0.3) is 0 Å². The maximum Gasteiger partial charge on any atom is 0.123 e. The number of nitrogens with zero attached hydrogens (tertiary/aromatic N) is 2. The van der Waals surface area contributed by atoms with Crippen LogP contribution in [-0.4, -0.2) is 28.7 Å². The normalized spacial score (nSPS) is 16.7. The van der Waals surface area contributed by atoms with E-state index in [2.05, 4.69) is 40.1 Å². The first kappa shape index (κ1) is 14.1. The number of aromatic nitrogens is 2. The number of benzene rings is 1. The van der Waals surface area contributed by atoms with E-state index in [1.165, 1.54) is 12.0 Å². The Morgan fingerprint density at radius 3 is 3.10 bits per heavy atom. The van der Waals surface area contributed by atoms with E-state index in [9.17, 15) is 0 Å². The number of rotatable bonds is 7. The Labute approximate surface area is 126 Å². The van der Waals surface area contributed by atoms with Gasteiger partial charge in [-0.05, 0) is 24.6 Å². The lowest BCUT2D eigenvalue weighted by Gasteiger charge is -2.10. The molecule has 0 spiro atoms. The molecule has 0 radical (unpaired) electrons. The highest BCUT2D eigenvalue weighted by Gasteiger charge is 2.22. The van der Waals surface area contributed by atoms with Crippen molar-refractivity contribution in [3.63, 3.8) is 0 Å².